The minimum atomic E-state index is -0.909. The normalized spacial score (nSPS) is 12.0. The van der Waals surface area contributed by atoms with Gasteiger partial charge in [0, 0.05) is 12.8 Å². The Kier molecular flexibility index (Phi) is 23.1. The average molecular weight is 458 g/mol. The molecule has 0 radical (unpaired) electrons. The van der Waals surface area contributed by atoms with E-state index in [9.17, 15) is 14.4 Å². The molecular weight excluding hydrogens is 410 g/mol. The van der Waals surface area contributed by atoms with Crippen LogP contribution in [0.3, 0.4) is 0 Å². The Morgan fingerprint density at radius 3 is 1.38 bits per heavy atom. The van der Waals surface area contributed by atoms with Crippen molar-refractivity contribution in [2.75, 3.05) is 6.61 Å². The lowest BCUT2D eigenvalue weighted by atomic mass is 10.0. The van der Waals surface area contributed by atoms with Crippen molar-refractivity contribution in [3.8, 4) is 0 Å². The van der Waals surface area contributed by atoms with Crippen LogP contribution in [0.1, 0.15) is 128 Å². The summed E-state index contributed by atoms with van der Waals surface area (Å²) in [5.74, 6) is -1.59. The summed E-state index contributed by atoms with van der Waals surface area (Å²) in [6, 6.07) is -0.548. The molecule has 0 aliphatic rings. The summed E-state index contributed by atoms with van der Waals surface area (Å²) < 4.78 is 0. The fourth-order valence-corrected chi connectivity index (χ4v) is 3.70. The minimum absolute atomic E-state index is 0.0431. The summed E-state index contributed by atoms with van der Waals surface area (Å²) in [4.78, 5) is 37.0. The molecule has 0 aliphatic carbocycles. The van der Waals surface area contributed by atoms with Gasteiger partial charge in [-0.1, -0.05) is 96.3 Å². The zero-order chi connectivity index (χ0) is 23.7. The van der Waals surface area contributed by atoms with Crippen molar-refractivity contribution in [1.82, 2.24) is 5.48 Å². The summed E-state index contributed by atoms with van der Waals surface area (Å²) in [5, 5.41) is 17.2. The predicted octanol–water partition coefficient (Wildman–Crippen LogP) is 6.05. The van der Waals surface area contributed by atoms with Crippen LogP contribution in [0.25, 0.3) is 0 Å². The largest absolute Gasteiger partial charge is 0.481 e. The standard InChI is InChI=1S/C25H47NO6/c27-22-23(19-20-25(30)31)26-32-21-17-15-13-11-9-7-5-3-1-2-4-6-8-10-12-14-16-18-24(28)29/h22-23,26H,1-21H2,(H,28,29)(H,30,31). The summed E-state index contributed by atoms with van der Waals surface area (Å²) in [6.07, 6.45) is 21.9. The third kappa shape index (κ3) is 24.8. The highest BCUT2D eigenvalue weighted by Gasteiger charge is 2.09. The SMILES string of the molecule is O=CC(CCC(=O)O)NOCCCCCCCCCCCCCCCCCCCC(=O)O. The molecule has 0 heterocycles. The number of carbonyl (C=O) groups excluding carboxylic acids is 1. The topological polar surface area (TPSA) is 113 Å². The van der Waals surface area contributed by atoms with Crippen molar-refractivity contribution in [2.24, 2.45) is 0 Å². The molecule has 3 N–H and O–H groups in total. The van der Waals surface area contributed by atoms with E-state index in [2.05, 4.69) is 5.48 Å². The van der Waals surface area contributed by atoms with Crippen LogP contribution in [-0.2, 0) is 19.2 Å². The van der Waals surface area contributed by atoms with Crippen molar-refractivity contribution >= 4 is 18.2 Å². The van der Waals surface area contributed by atoms with Gasteiger partial charge in [-0.3, -0.25) is 9.59 Å². The van der Waals surface area contributed by atoms with E-state index in [1.165, 1.54) is 83.5 Å². The Bertz CT molecular complexity index is 458. The fourth-order valence-electron chi connectivity index (χ4n) is 3.70. The van der Waals surface area contributed by atoms with Crippen LogP contribution in [0, 0.1) is 0 Å². The van der Waals surface area contributed by atoms with E-state index in [1.807, 2.05) is 0 Å². The smallest absolute Gasteiger partial charge is 0.303 e. The molecule has 0 aromatic heterocycles. The number of rotatable bonds is 26. The zero-order valence-corrected chi connectivity index (χ0v) is 20.0. The number of unbranched alkanes of at least 4 members (excludes halogenated alkanes) is 16. The maximum absolute atomic E-state index is 10.8. The first-order valence-electron chi connectivity index (χ1n) is 12.8. The van der Waals surface area contributed by atoms with Crippen LogP contribution in [-0.4, -0.2) is 41.1 Å². The molecule has 32 heavy (non-hydrogen) atoms. The number of carboxylic acids is 2. The molecule has 0 saturated carbocycles. The minimum Gasteiger partial charge on any atom is -0.481 e. The molecule has 188 valence electrons. The van der Waals surface area contributed by atoms with E-state index in [1.54, 1.807) is 0 Å². The number of hydrogen-bond acceptors (Lipinski definition) is 5. The van der Waals surface area contributed by atoms with Crippen LogP contribution < -0.4 is 5.48 Å². The highest BCUT2D eigenvalue weighted by molar-refractivity contribution is 5.68. The van der Waals surface area contributed by atoms with Gasteiger partial charge in [-0.05, 0) is 19.3 Å². The first-order chi connectivity index (χ1) is 15.6. The summed E-state index contributed by atoms with van der Waals surface area (Å²) in [6.45, 7) is 0.544. The van der Waals surface area contributed by atoms with Gasteiger partial charge in [0.2, 0.25) is 0 Å². The Hall–Kier alpha value is -1.47. The van der Waals surface area contributed by atoms with Gasteiger partial charge < -0.3 is 19.8 Å². The van der Waals surface area contributed by atoms with Crippen LogP contribution in [0.15, 0.2) is 0 Å². The van der Waals surface area contributed by atoms with E-state index in [0.717, 1.165) is 25.7 Å². The molecule has 0 bridgehead atoms. The summed E-state index contributed by atoms with van der Waals surface area (Å²) in [7, 11) is 0. The van der Waals surface area contributed by atoms with Gasteiger partial charge in [-0.25, -0.2) is 0 Å². The van der Waals surface area contributed by atoms with Crippen molar-refractivity contribution in [3.63, 3.8) is 0 Å². The molecule has 0 fully saturated rings. The highest BCUT2D eigenvalue weighted by Crippen LogP contribution is 2.14. The second kappa shape index (κ2) is 24.2. The number of hydrogen-bond donors (Lipinski definition) is 3. The monoisotopic (exact) mass is 457 g/mol. The maximum atomic E-state index is 10.8. The third-order valence-corrected chi connectivity index (χ3v) is 5.71. The predicted molar refractivity (Wildman–Crippen MR) is 127 cm³/mol. The average Bonchev–Trinajstić information content (AvgIpc) is 2.76. The second-order valence-electron chi connectivity index (χ2n) is 8.80. The molecule has 0 amide bonds. The van der Waals surface area contributed by atoms with Gasteiger partial charge in [-0.15, -0.1) is 0 Å². The van der Waals surface area contributed by atoms with Gasteiger partial charge in [0.05, 0.1) is 12.6 Å². The molecule has 7 heteroatoms. The van der Waals surface area contributed by atoms with Crippen LogP contribution >= 0.6 is 0 Å². The lowest BCUT2D eigenvalue weighted by Crippen LogP contribution is -2.31. The van der Waals surface area contributed by atoms with E-state index in [0.29, 0.717) is 19.3 Å². The van der Waals surface area contributed by atoms with E-state index in [4.69, 9.17) is 15.1 Å². The van der Waals surface area contributed by atoms with Gasteiger partial charge in [0.15, 0.2) is 0 Å². The molecule has 0 aliphatic heterocycles. The highest BCUT2D eigenvalue weighted by atomic mass is 16.6. The Morgan fingerprint density at radius 2 is 1.00 bits per heavy atom. The van der Waals surface area contributed by atoms with E-state index < -0.39 is 18.0 Å². The number of aldehydes is 1. The number of nitrogens with one attached hydrogen (secondary N) is 1. The van der Waals surface area contributed by atoms with Crippen molar-refractivity contribution < 1.29 is 29.4 Å². The molecule has 1 atom stereocenters. The van der Waals surface area contributed by atoms with E-state index >= 15 is 0 Å². The van der Waals surface area contributed by atoms with Crippen LogP contribution in [0.2, 0.25) is 0 Å². The Labute approximate surface area is 194 Å². The Morgan fingerprint density at radius 1 is 0.625 bits per heavy atom. The van der Waals surface area contributed by atoms with Crippen molar-refractivity contribution in [2.45, 2.75) is 134 Å². The lowest BCUT2D eigenvalue weighted by molar-refractivity contribution is -0.138. The molecule has 1 unspecified atom stereocenters. The Balaban J connectivity index is 3.17. The second-order valence-corrected chi connectivity index (χ2v) is 8.80. The first kappa shape index (κ1) is 30.5. The molecule has 0 rings (SSSR count). The lowest BCUT2D eigenvalue weighted by Gasteiger charge is -2.11. The van der Waals surface area contributed by atoms with Crippen LogP contribution in [0.5, 0.6) is 0 Å². The maximum Gasteiger partial charge on any atom is 0.303 e. The van der Waals surface area contributed by atoms with Crippen molar-refractivity contribution in [3.05, 3.63) is 0 Å². The van der Waals surface area contributed by atoms with Gasteiger partial charge in [0.25, 0.3) is 0 Å². The third-order valence-electron chi connectivity index (χ3n) is 5.71. The van der Waals surface area contributed by atoms with Crippen LogP contribution in [0.4, 0.5) is 0 Å². The number of carboxylic acid groups (broad SMARTS) is 2. The number of carbonyl (C=O) groups is 3. The molecular formula is C25H47NO6. The first-order valence-corrected chi connectivity index (χ1v) is 12.8. The van der Waals surface area contributed by atoms with Crippen molar-refractivity contribution in [1.29, 1.82) is 0 Å². The molecule has 0 saturated heterocycles. The number of aliphatic carboxylic acids is 2. The quantitative estimate of drug-likeness (QED) is 0.0823. The molecule has 7 nitrogen and oxygen atoms in total. The summed E-state index contributed by atoms with van der Waals surface area (Å²) >= 11 is 0. The number of hydroxylamine groups is 1. The summed E-state index contributed by atoms with van der Waals surface area (Å²) in [5.41, 5.74) is 2.64. The molecule has 0 aromatic rings. The fraction of sp³-hybridized carbons (Fsp3) is 0.880. The van der Waals surface area contributed by atoms with Gasteiger partial charge >= 0.3 is 11.9 Å². The van der Waals surface area contributed by atoms with E-state index in [-0.39, 0.29) is 12.8 Å². The molecule has 0 aromatic carbocycles. The zero-order valence-electron chi connectivity index (χ0n) is 20.0. The van der Waals surface area contributed by atoms with Gasteiger partial charge in [0.1, 0.15) is 6.29 Å². The molecule has 0 spiro atoms. The van der Waals surface area contributed by atoms with Gasteiger partial charge in [-0.2, -0.15) is 5.48 Å².